The van der Waals surface area contributed by atoms with Crippen LogP contribution in [-0.2, 0) is 33.3 Å². The van der Waals surface area contributed by atoms with Crippen molar-refractivity contribution in [3.63, 3.8) is 0 Å². The molecule has 2 aromatic carbocycles. The predicted molar refractivity (Wildman–Crippen MR) is 478 cm³/mol. The number of rotatable bonds is 78. The fourth-order valence-electron chi connectivity index (χ4n) is 15.9. The van der Waals surface area contributed by atoms with Gasteiger partial charge >= 0.3 is 20.4 Å². The molecule has 1 aliphatic rings. The van der Waals surface area contributed by atoms with Gasteiger partial charge in [0.1, 0.15) is 0 Å². The Labute approximate surface area is 681 Å². The minimum atomic E-state index is 0. The normalized spacial score (nSPS) is 12.2. The molecule has 3 rings (SSSR count). The summed E-state index contributed by atoms with van der Waals surface area (Å²) in [6.07, 6.45) is 112. The second-order valence-electron chi connectivity index (χ2n) is 33.4. The molecule has 0 atom stereocenters. The van der Waals surface area contributed by atoms with Crippen molar-refractivity contribution in [2.75, 3.05) is 0 Å². The molecule has 1 aliphatic heterocycles. The van der Waals surface area contributed by atoms with E-state index >= 15 is 0 Å². The largest absolute Gasteiger partial charge is 2.00 e. The van der Waals surface area contributed by atoms with E-state index in [2.05, 4.69) is 116 Å². The first kappa shape index (κ1) is 104. The van der Waals surface area contributed by atoms with Crippen molar-refractivity contribution in [2.24, 2.45) is 0 Å². The molecule has 0 unspecified atom stereocenters. The van der Waals surface area contributed by atoms with Gasteiger partial charge < -0.3 is 19.4 Å². The maximum Gasteiger partial charge on any atom is 2.00 e. The first-order chi connectivity index (χ1) is 52.0. The Morgan fingerprint density at radius 2 is 0.453 bits per heavy atom. The van der Waals surface area contributed by atoms with E-state index in [4.69, 9.17) is 0 Å². The molecule has 2 aromatic rings. The monoisotopic (exact) mass is 1560 g/mol. The van der Waals surface area contributed by atoms with E-state index in [1.165, 1.54) is 470 Å². The second kappa shape index (κ2) is 85.4. The summed E-state index contributed by atoms with van der Waals surface area (Å²) in [7, 11) is 0. The predicted octanol–water partition coefficient (Wildman–Crippen LogP) is 37.5. The van der Waals surface area contributed by atoms with Gasteiger partial charge in [-0.1, -0.05) is 508 Å². The fourth-order valence-corrected chi connectivity index (χ4v) is 15.9. The number of benzene rings is 2. The number of hydrogen-bond acceptors (Lipinski definition) is 0. The standard InChI is InChI=1S/C49H76N2.2C27H55.Pd/c1-5-9-13-16-19-20-21-22-23-26-29-33-47-46(32-12-8-4)48(44-38-34-42(35-39-44)30-27-24-17-14-10-6-2)51(50)49(47)45-40-36-43(37-41-45)31-28-25-18-15-11-7-3;2*1-3-5-7-9-11-13-15-17-19-21-23-25-27-26-24-22-20-18-16-14-12-10-8-6-4-2;/h29,33-41H,5-28,30-32H2,1-4H3;2*1,3-27H2,2H3;/q;2*-1;+2. The SMILES string of the molecule is CCCCCCCCCCCC=CC1=C(c2ccc(CCCCCCCC)cc2)[N+](=[N-])C(c2ccc(CCCCCCCC)cc2)=C1CCCC.[CH2-]CCCCCCCCCCCCCCCCCCCCCCCCCC.[CH2-]CCCCCCCCCCCCCCCCCCCCCCCCCC.[Pd+2]. The Morgan fingerprint density at radius 1 is 0.245 bits per heavy atom. The van der Waals surface area contributed by atoms with Crippen LogP contribution in [0.2, 0.25) is 0 Å². The molecule has 3 heteroatoms. The van der Waals surface area contributed by atoms with Crippen LogP contribution in [0.5, 0.6) is 0 Å². The zero-order chi connectivity index (χ0) is 75.7. The molecule has 106 heavy (non-hydrogen) atoms. The molecular formula is C103H186N2Pd. The zero-order valence-corrected chi connectivity index (χ0v) is 74.4. The van der Waals surface area contributed by atoms with Gasteiger partial charge in [-0.05, 0) is 86.8 Å². The first-order valence-electron chi connectivity index (χ1n) is 48.4. The molecule has 0 saturated heterocycles. The van der Waals surface area contributed by atoms with Crippen LogP contribution in [0.4, 0.5) is 0 Å². The van der Waals surface area contributed by atoms with Gasteiger partial charge in [-0.15, -0.1) is 0 Å². The van der Waals surface area contributed by atoms with E-state index < -0.39 is 0 Å². The molecular weight excluding hydrogens is 1370 g/mol. The third-order valence-electron chi connectivity index (χ3n) is 23.1. The summed E-state index contributed by atoms with van der Waals surface area (Å²) in [6, 6.07) is 18.2. The fraction of sp³-hybridized carbons (Fsp3) is 0.806. The number of hydrogen-bond donors (Lipinski definition) is 0. The van der Waals surface area contributed by atoms with Crippen LogP contribution in [0.15, 0.2) is 71.8 Å². The van der Waals surface area contributed by atoms with Crippen molar-refractivity contribution >= 4 is 11.4 Å². The van der Waals surface area contributed by atoms with Crippen LogP contribution < -0.4 is 0 Å². The van der Waals surface area contributed by atoms with Gasteiger partial charge in [0.25, 0.3) is 0 Å². The van der Waals surface area contributed by atoms with Crippen molar-refractivity contribution < 1.29 is 25.1 Å². The molecule has 0 aromatic heterocycles. The Hall–Kier alpha value is -2.08. The molecule has 618 valence electrons. The van der Waals surface area contributed by atoms with Gasteiger partial charge in [0.15, 0.2) is 0 Å². The van der Waals surface area contributed by atoms with Crippen molar-refractivity contribution in [1.82, 2.24) is 0 Å². The van der Waals surface area contributed by atoms with Crippen LogP contribution in [-0.4, -0.2) is 4.70 Å². The summed E-state index contributed by atoms with van der Waals surface area (Å²) >= 11 is 0. The Balaban J connectivity index is 0.00000170. The first-order valence-corrected chi connectivity index (χ1v) is 48.4. The van der Waals surface area contributed by atoms with Crippen LogP contribution in [0.3, 0.4) is 0 Å². The molecule has 0 spiro atoms. The summed E-state index contributed by atoms with van der Waals surface area (Å²) in [4.78, 5) is 0. The van der Waals surface area contributed by atoms with Crippen LogP contribution in [0.1, 0.15) is 545 Å². The Kier molecular flexibility index (Phi) is 83.7. The number of nitrogens with zero attached hydrogens (tertiary/aromatic N) is 2. The van der Waals surface area contributed by atoms with E-state index in [1.807, 2.05) is 0 Å². The molecule has 2 nitrogen and oxygen atoms in total. The van der Waals surface area contributed by atoms with Gasteiger partial charge in [-0.3, -0.25) is 0 Å². The van der Waals surface area contributed by atoms with Crippen LogP contribution in [0.25, 0.3) is 16.9 Å². The van der Waals surface area contributed by atoms with Gasteiger partial charge in [-0.2, -0.15) is 12.8 Å². The second-order valence-corrected chi connectivity index (χ2v) is 33.4. The molecule has 0 fully saturated rings. The molecule has 0 aliphatic carbocycles. The third kappa shape index (κ3) is 64.4. The van der Waals surface area contributed by atoms with E-state index in [9.17, 15) is 5.53 Å². The summed E-state index contributed by atoms with van der Waals surface area (Å²) in [5.41, 5.74) is 21.5. The maximum absolute atomic E-state index is 12.1. The molecule has 0 N–H and O–H groups in total. The molecule has 0 saturated carbocycles. The molecule has 0 bridgehead atoms. The minimum Gasteiger partial charge on any atom is -0.493 e. The van der Waals surface area contributed by atoms with Gasteiger partial charge in [-0.25, -0.2) is 4.70 Å². The molecule has 0 radical (unpaired) electrons. The van der Waals surface area contributed by atoms with Crippen molar-refractivity contribution in [2.45, 2.75) is 536 Å². The van der Waals surface area contributed by atoms with Crippen molar-refractivity contribution in [3.05, 3.63) is 113 Å². The Bertz CT molecular complexity index is 2060. The van der Waals surface area contributed by atoms with E-state index in [0.29, 0.717) is 0 Å². The molecule has 0 amide bonds. The van der Waals surface area contributed by atoms with E-state index in [0.717, 1.165) is 73.9 Å². The smallest absolute Gasteiger partial charge is 0.493 e. The van der Waals surface area contributed by atoms with Crippen molar-refractivity contribution in [3.8, 4) is 0 Å². The Morgan fingerprint density at radius 3 is 0.689 bits per heavy atom. The third-order valence-corrected chi connectivity index (χ3v) is 23.1. The van der Waals surface area contributed by atoms with Crippen LogP contribution in [0, 0.1) is 13.8 Å². The van der Waals surface area contributed by atoms with Gasteiger partial charge in [0, 0.05) is 16.7 Å². The van der Waals surface area contributed by atoms with Gasteiger partial charge in [0.2, 0.25) is 11.4 Å². The summed E-state index contributed by atoms with van der Waals surface area (Å²) < 4.78 is 1.54. The summed E-state index contributed by atoms with van der Waals surface area (Å²) in [5, 5.41) is 0. The average Bonchev–Trinajstić information content (AvgIpc) is 1.61. The number of aryl methyl sites for hydroxylation is 2. The van der Waals surface area contributed by atoms with E-state index in [-0.39, 0.29) is 20.4 Å². The van der Waals surface area contributed by atoms with E-state index in [1.54, 1.807) is 0 Å². The van der Waals surface area contributed by atoms with Crippen molar-refractivity contribution in [1.29, 1.82) is 0 Å². The quantitative estimate of drug-likeness (QED) is 0.0273. The number of unbranched alkanes of at least 4 members (excludes halogenated alkanes) is 68. The summed E-state index contributed by atoms with van der Waals surface area (Å²) in [6.45, 7) is 21.6. The molecule has 1 heterocycles. The average molecular weight is 1560 g/mol. The van der Waals surface area contributed by atoms with Crippen LogP contribution >= 0.6 is 0 Å². The summed E-state index contributed by atoms with van der Waals surface area (Å²) in [5.74, 6) is 0. The number of allylic oxidation sites excluding steroid dienone is 4. The minimum absolute atomic E-state index is 0. The topological polar surface area (TPSA) is 25.3 Å². The zero-order valence-electron chi connectivity index (χ0n) is 72.8. The maximum atomic E-state index is 12.1. The van der Waals surface area contributed by atoms with Gasteiger partial charge in [0.05, 0.1) is 5.57 Å².